The van der Waals surface area contributed by atoms with Gasteiger partial charge in [-0.1, -0.05) is 19.8 Å². The van der Waals surface area contributed by atoms with Crippen LogP contribution in [0.4, 0.5) is 11.6 Å². The minimum Gasteiger partial charge on any atom is -0.396 e. The van der Waals surface area contributed by atoms with Gasteiger partial charge in [-0.3, -0.25) is 0 Å². The number of aromatic nitrogens is 2. The van der Waals surface area contributed by atoms with Crippen molar-refractivity contribution in [3.8, 4) is 0 Å². The van der Waals surface area contributed by atoms with Gasteiger partial charge in [0.1, 0.15) is 18.0 Å². The SMILES string of the molecule is CCc1c(NN)ncnc1NC1CCCCC1CO. The van der Waals surface area contributed by atoms with E-state index in [1.165, 1.54) is 19.2 Å². The van der Waals surface area contributed by atoms with Crippen molar-refractivity contribution >= 4 is 11.6 Å². The number of hydrogen-bond donors (Lipinski definition) is 4. The molecule has 1 aliphatic rings. The summed E-state index contributed by atoms with van der Waals surface area (Å²) >= 11 is 0. The van der Waals surface area contributed by atoms with Gasteiger partial charge in [-0.25, -0.2) is 15.8 Å². The maximum Gasteiger partial charge on any atom is 0.148 e. The van der Waals surface area contributed by atoms with Crippen molar-refractivity contribution in [1.82, 2.24) is 9.97 Å². The molecule has 106 valence electrons. The Hall–Kier alpha value is -1.40. The summed E-state index contributed by atoms with van der Waals surface area (Å²) in [5.74, 6) is 7.27. The number of hydrazine groups is 1. The Labute approximate surface area is 113 Å². The predicted molar refractivity (Wildman–Crippen MR) is 75.7 cm³/mol. The Morgan fingerprint density at radius 2 is 2.05 bits per heavy atom. The third kappa shape index (κ3) is 3.13. The second-order valence-electron chi connectivity index (χ2n) is 5.03. The van der Waals surface area contributed by atoms with E-state index in [9.17, 15) is 5.11 Å². The van der Waals surface area contributed by atoms with Crippen LogP contribution in [-0.2, 0) is 6.42 Å². The van der Waals surface area contributed by atoms with Gasteiger partial charge in [0.05, 0.1) is 0 Å². The maximum atomic E-state index is 9.46. The normalized spacial score (nSPS) is 23.1. The molecule has 0 radical (unpaired) electrons. The van der Waals surface area contributed by atoms with E-state index >= 15 is 0 Å². The number of nitrogens with zero attached hydrogens (tertiary/aromatic N) is 2. The van der Waals surface area contributed by atoms with Crippen LogP contribution < -0.4 is 16.6 Å². The minimum absolute atomic E-state index is 0.228. The van der Waals surface area contributed by atoms with E-state index in [0.29, 0.717) is 11.7 Å². The van der Waals surface area contributed by atoms with Gasteiger partial charge in [0.25, 0.3) is 0 Å². The summed E-state index contributed by atoms with van der Waals surface area (Å²) in [6, 6.07) is 0.282. The summed E-state index contributed by atoms with van der Waals surface area (Å²) in [6.07, 6.45) is 6.85. The third-order valence-electron chi connectivity index (χ3n) is 3.90. The van der Waals surface area contributed by atoms with Crippen molar-refractivity contribution < 1.29 is 5.11 Å². The molecule has 0 spiro atoms. The van der Waals surface area contributed by atoms with Crippen molar-refractivity contribution in [2.45, 2.75) is 45.1 Å². The van der Waals surface area contributed by atoms with Crippen LogP contribution in [0.1, 0.15) is 38.2 Å². The molecule has 0 amide bonds. The molecular weight excluding hydrogens is 242 g/mol. The third-order valence-corrected chi connectivity index (χ3v) is 3.90. The molecule has 5 N–H and O–H groups in total. The van der Waals surface area contributed by atoms with Gasteiger partial charge in [-0.2, -0.15) is 0 Å². The van der Waals surface area contributed by atoms with Crippen molar-refractivity contribution in [2.75, 3.05) is 17.3 Å². The standard InChI is InChI=1S/C13H23N5O/c1-2-10-12(15-8-16-13(10)18-14)17-11-6-4-3-5-9(11)7-19/h8-9,11,19H,2-7,14H2,1H3,(H2,15,16,17,18). The van der Waals surface area contributed by atoms with E-state index in [1.54, 1.807) is 0 Å². The van der Waals surface area contributed by atoms with Gasteiger partial charge in [0.2, 0.25) is 0 Å². The quantitative estimate of drug-likeness (QED) is 0.473. The topological polar surface area (TPSA) is 96.1 Å². The summed E-state index contributed by atoms with van der Waals surface area (Å²) in [7, 11) is 0. The molecule has 6 heteroatoms. The lowest BCUT2D eigenvalue weighted by atomic mass is 9.85. The lowest BCUT2D eigenvalue weighted by Crippen LogP contribution is -2.35. The first kappa shape index (κ1) is 14.0. The first-order chi connectivity index (χ1) is 9.30. The average molecular weight is 265 g/mol. The number of anilines is 2. The summed E-state index contributed by atoms with van der Waals surface area (Å²) in [5, 5.41) is 12.9. The molecule has 2 atom stereocenters. The Balaban J connectivity index is 2.17. The van der Waals surface area contributed by atoms with Crippen molar-refractivity contribution in [2.24, 2.45) is 11.8 Å². The molecule has 6 nitrogen and oxygen atoms in total. The summed E-state index contributed by atoms with van der Waals surface area (Å²) in [4.78, 5) is 8.45. The summed E-state index contributed by atoms with van der Waals surface area (Å²) < 4.78 is 0. The van der Waals surface area contributed by atoms with Gasteiger partial charge >= 0.3 is 0 Å². The van der Waals surface area contributed by atoms with Crippen molar-refractivity contribution in [3.05, 3.63) is 11.9 Å². The Bertz CT molecular complexity index is 412. The molecule has 1 aromatic rings. The van der Waals surface area contributed by atoms with Crippen LogP contribution in [0.15, 0.2) is 6.33 Å². The number of nitrogen functional groups attached to an aromatic ring is 1. The van der Waals surface area contributed by atoms with Gasteiger partial charge in [0.15, 0.2) is 0 Å². The zero-order valence-electron chi connectivity index (χ0n) is 11.4. The van der Waals surface area contributed by atoms with Crippen LogP contribution in [0.3, 0.4) is 0 Å². The molecule has 0 aromatic carbocycles. The number of aliphatic hydroxyl groups excluding tert-OH is 1. The second-order valence-corrected chi connectivity index (χ2v) is 5.03. The molecule has 1 aliphatic carbocycles. The first-order valence-corrected chi connectivity index (χ1v) is 6.98. The van der Waals surface area contributed by atoms with Crippen molar-refractivity contribution in [1.29, 1.82) is 0 Å². The first-order valence-electron chi connectivity index (χ1n) is 6.98. The molecular formula is C13H23N5O. The molecule has 2 rings (SSSR count). The minimum atomic E-state index is 0.228. The smallest absolute Gasteiger partial charge is 0.148 e. The molecule has 0 saturated heterocycles. The van der Waals surface area contributed by atoms with Gasteiger partial charge in [-0.05, 0) is 19.3 Å². The second kappa shape index (κ2) is 6.68. The molecule has 0 aliphatic heterocycles. The van der Waals surface area contributed by atoms with E-state index in [0.717, 1.165) is 30.6 Å². The fraction of sp³-hybridized carbons (Fsp3) is 0.692. The van der Waals surface area contributed by atoms with Crippen LogP contribution in [0, 0.1) is 5.92 Å². The van der Waals surface area contributed by atoms with Crippen LogP contribution in [0.2, 0.25) is 0 Å². The van der Waals surface area contributed by atoms with E-state index in [-0.39, 0.29) is 12.6 Å². The molecule has 1 aromatic heterocycles. The molecule has 1 heterocycles. The number of aliphatic hydroxyl groups is 1. The van der Waals surface area contributed by atoms with Gasteiger partial charge in [0, 0.05) is 24.1 Å². The summed E-state index contributed by atoms with van der Waals surface area (Å²) in [5.41, 5.74) is 3.60. The van der Waals surface area contributed by atoms with E-state index in [4.69, 9.17) is 5.84 Å². The number of rotatable bonds is 5. The Kier molecular flexibility index (Phi) is 4.93. The fourth-order valence-corrected chi connectivity index (χ4v) is 2.79. The summed E-state index contributed by atoms with van der Waals surface area (Å²) in [6.45, 7) is 2.28. The monoisotopic (exact) mass is 265 g/mol. The molecule has 1 fully saturated rings. The van der Waals surface area contributed by atoms with E-state index in [1.807, 2.05) is 0 Å². The van der Waals surface area contributed by atoms with Crippen LogP contribution in [0.5, 0.6) is 0 Å². The number of nitrogens with one attached hydrogen (secondary N) is 2. The molecule has 19 heavy (non-hydrogen) atoms. The molecule has 2 unspecified atom stereocenters. The maximum absolute atomic E-state index is 9.46. The van der Waals surface area contributed by atoms with E-state index < -0.39 is 0 Å². The fourth-order valence-electron chi connectivity index (χ4n) is 2.79. The van der Waals surface area contributed by atoms with Crippen molar-refractivity contribution in [3.63, 3.8) is 0 Å². The molecule has 0 bridgehead atoms. The van der Waals surface area contributed by atoms with Crippen LogP contribution in [-0.4, -0.2) is 27.7 Å². The Morgan fingerprint density at radius 3 is 2.74 bits per heavy atom. The zero-order chi connectivity index (χ0) is 13.7. The lowest BCUT2D eigenvalue weighted by molar-refractivity contribution is 0.178. The van der Waals surface area contributed by atoms with Gasteiger partial charge < -0.3 is 15.8 Å². The highest BCUT2D eigenvalue weighted by Gasteiger charge is 2.25. The average Bonchev–Trinajstić information content (AvgIpc) is 2.47. The van der Waals surface area contributed by atoms with Crippen LogP contribution in [0.25, 0.3) is 0 Å². The molecule has 1 saturated carbocycles. The van der Waals surface area contributed by atoms with Gasteiger partial charge in [-0.15, -0.1) is 0 Å². The zero-order valence-corrected chi connectivity index (χ0v) is 11.4. The van der Waals surface area contributed by atoms with Crippen LogP contribution >= 0.6 is 0 Å². The Morgan fingerprint density at radius 1 is 1.32 bits per heavy atom. The highest BCUT2D eigenvalue weighted by molar-refractivity contribution is 5.57. The highest BCUT2D eigenvalue weighted by Crippen LogP contribution is 2.28. The predicted octanol–water partition coefficient (Wildman–Crippen LogP) is 1.29. The number of nitrogens with two attached hydrogens (primary N) is 1. The van der Waals surface area contributed by atoms with E-state index in [2.05, 4.69) is 27.6 Å². The highest BCUT2D eigenvalue weighted by atomic mass is 16.3. The number of hydrogen-bond acceptors (Lipinski definition) is 6. The largest absolute Gasteiger partial charge is 0.396 e. The lowest BCUT2D eigenvalue weighted by Gasteiger charge is -2.31.